The third-order valence-electron chi connectivity index (χ3n) is 3.89. The molecule has 0 saturated carbocycles. The van der Waals surface area contributed by atoms with Crippen LogP contribution in [0.3, 0.4) is 0 Å². The van der Waals surface area contributed by atoms with Crippen molar-refractivity contribution in [3.63, 3.8) is 0 Å². The zero-order chi connectivity index (χ0) is 19.8. The van der Waals surface area contributed by atoms with Crippen LogP contribution < -0.4 is 10.1 Å². The summed E-state index contributed by atoms with van der Waals surface area (Å²) in [4.78, 5) is 0. The van der Waals surface area contributed by atoms with Crippen LogP contribution in [-0.2, 0) is 6.54 Å². The minimum Gasteiger partial charge on any atom is -0.496 e. The molecule has 3 rings (SSSR count). The smallest absolute Gasteiger partial charge is 0.131 e. The summed E-state index contributed by atoms with van der Waals surface area (Å²) in [6.45, 7) is 4.07. The molecule has 3 aromatic carbocycles. The maximum atomic E-state index is 13.7. The number of ether oxygens (including phenoxy) is 1. The molecule has 0 atom stereocenters. The van der Waals surface area contributed by atoms with Gasteiger partial charge in [-0.15, -0.1) is 0 Å². The van der Waals surface area contributed by atoms with Crippen molar-refractivity contribution in [2.24, 2.45) is 0 Å². The van der Waals surface area contributed by atoms with E-state index in [0.717, 1.165) is 22.6 Å². The first-order valence-electron chi connectivity index (χ1n) is 8.69. The highest BCUT2D eigenvalue weighted by Gasteiger charge is 2.09. The Morgan fingerprint density at radius 2 is 1.56 bits per heavy atom. The number of anilines is 1. The lowest BCUT2D eigenvalue weighted by Crippen LogP contribution is -2.04. The number of nitrogens with one attached hydrogen (secondary N) is 1. The molecule has 0 saturated heterocycles. The van der Waals surface area contributed by atoms with E-state index >= 15 is 0 Å². The molecule has 0 amide bonds. The topological polar surface area (TPSA) is 21.3 Å². The molecule has 0 heterocycles. The highest BCUT2D eigenvalue weighted by molar-refractivity contribution is 6.31. The van der Waals surface area contributed by atoms with Gasteiger partial charge in [0.2, 0.25) is 0 Å². The van der Waals surface area contributed by atoms with Gasteiger partial charge in [-0.05, 0) is 48.0 Å². The van der Waals surface area contributed by atoms with Gasteiger partial charge in [-0.1, -0.05) is 43.6 Å². The fraction of sp³-hybridized carbons (Fsp3) is 0.182. The standard InChI is InChI=1S/C20H16ClF2NO.C2H6/c1-25-20-10-7-14(21)11-16(20)13-5-8-15(9-6-13)24-12-17-18(22)3-2-4-19(17)23;1-2/h2-11,24H,12H2,1H3;1-2H3. The zero-order valence-electron chi connectivity index (χ0n) is 15.5. The first kappa shape index (κ1) is 20.7. The van der Waals surface area contributed by atoms with Gasteiger partial charge >= 0.3 is 0 Å². The van der Waals surface area contributed by atoms with Crippen LogP contribution in [0.1, 0.15) is 19.4 Å². The van der Waals surface area contributed by atoms with Gasteiger partial charge in [0.05, 0.1) is 7.11 Å². The van der Waals surface area contributed by atoms with Crippen molar-refractivity contribution < 1.29 is 13.5 Å². The quantitative estimate of drug-likeness (QED) is 0.510. The Morgan fingerprint density at radius 3 is 2.15 bits per heavy atom. The summed E-state index contributed by atoms with van der Waals surface area (Å²) < 4.78 is 32.7. The lowest BCUT2D eigenvalue weighted by atomic mass is 10.0. The van der Waals surface area contributed by atoms with Gasteiger partial charge in [0.1, 0.15) is 17.4 Å². The number of benzene rings is 3. The third-order valence-corrected chi connectivity index (χ3v) is 4.12. The van der Waals surface area contributed by atoms with Crippen LogP contribution >= 0.6 is 11.6 Å². The normalized spacial score (nSPS) is 10.0. The van der Waals surface area contributed by atoms with Crippen LogP contribution in [0.2, 0.25) is 5.02 Å². The molecule has 0 aliphatic heterocycles. The van der Waals surface area contributed by atoms with Crippen LogP contribution in [0, 0.1) is 11.6 Å². The second-order valence-electron chi connectivity index (χ2n) is 5.48. The molecule has 0 radical (unpaired) electrons. The molecular weight excluding hydrogens is 368 g/mol. The zero-order valence-corrected chi connectivity index (χ0v) is 16.3. The van der Waals surface area contributed by atoms with E-state index in [1.54, 1.807) is 13.2 Å². The molecule has 0 fully saturated rings. The maximum absolute atomic E-state index is 13.7. The summed E-state index contributed by atoms with van der Waals surface area (Å²) in [5.41, 5.74) is 2.58. The Morgan fingerprint density at radius 1 is 0.926 bits per heavy atom. The molecule has 0 aliphatic carbocycles. The van der Waals surface area contributed by atoms with Gasteiger partial charge < -0.3 is 10.1 Å². The number of hydrogen-bond donors (Lipinski definition) is 1. The molecule has 142 valence electrons. The Kier molecular flexibility index (Phi) is 7.62. The van der Waals surface area contributed by atoms with E-state index in [1.165, 1.54) is 18.2 Å². The van der Waals surface area contributed by atoms with E-state index in [4.69, 9.17) is 16.3 Å². The molecule has 0 bridgehead atoms. The average molecular weight is 390 g/mol. The minimum atomic E-state index is -0.562. The molecular formula is C22H22ClF2NO. The van der Waals surface area contributed by atoms with Gasteiger partial charge in [0.25, 0.3) is 0 Å². The van der Waals surface area contributed by atoms with E-state index in [0.29, 0.717) is 5.02 Å². The fourth-order valence-corrected chi connectivity index (χ4v) is 2.74. The van der Waals surface area contributed by atoms with Gasteiger partial charge in [0, 0.05) is 28.4 Å². The molecule has 2 nitrogen and oxygen atoms in total. The molecule has 5 heteroatoms. The Balaban J connectivity index is 0.00000126. The fourth-order valence-electron chi connectivity index (χ4n) is 2.57. The van der Waals surface area contributed by atoms with Crippen molar-refractivity contribution in [2.45, 2.75) is 20.4 Å². The monoisotopic (exact) mass is 389 g/mol. The molecule has 3 aromatic rings. The summed E-state index contributed by atoms with van der Waals surface area (Å²) in [6, 6.07) is 16.7. The van der Waals surface area contributed by atoms with Crippen LogP contribution in [-0.4, -0.2) is 7.11 Å². The predicted molar refractivity (Wildman–Crippen MR) is 108 cm³/mol. The lowest BCUT2D eigenvalue weighted by Gasteiger charge is -2.11. The van der Waals surface area contributed by atoms with Crippen molar-refractivity contribution >= 4 is 17.3 Å². The van der Waals surface area contributed by atoms with Gasteiger partial charge in [-0.3, -0.25) is 0 Å². The predicted octanol–water partition coefficient (Wildman–Crippen LogP) is 6.93. The summed E-state index contributed by atoms with van der Waals surface area (Å²) in [5, 5.41) is 3.64. The molecule has 0 aliphatic rings. The van der Waals surface area contributed by atoms with Crippen LogP contribution in [0.25, 0.3) is 11.1 Å². The van der Waals surface area contributed by atoms with Crippen LogP contribution in [0.5, 0.6) is 5.75 Å². The summed E-state index contributed by atoms with van der Waals surface area (Å²) in [6.07, 6.45) is 0. The largest absolute Gasteiger partial charge is 0.496 e. The highest BCUT2D eigenvalue weighted by atomic mass is 35.5. The van der Waals surface area contributed by atoms with Gasteiger partial charge in [0.15, 0.2) is 0 Å². The molecule has 0 aromatic heterocycles. The van der Waals surface area contributed by atoms with Crippen molar-refractivity contribution in [1.82, 2.24) is 0 Å². The SMILES string of the molecule is CC.COc1ccc(Cl)cc1-c1ccc(NCc2c(F)cccc2F)cc1. The van der Waals surface area contributed by atoms with Crippen molar-refractivity contribution in [3.05, 3.63) is 82.9 Å². The lowest BCUT2D eigenvalue weighted by molar-refractivity contribution is 0.416. The summed E-state index contributed by atoms with van der Waals surface area (Å²) >= 11 is 6.06. The van der Waals surface area contributed by atoms with E-state index in [2.05, 4.69) is 5.32 Å². The first-order valence-corrected chi connectivity index (χ1v) is 9.07. The second-order valence-corrected chi connectivity index (χ2v) is 5.91. The second kappa shape index (κ2) is 9.93. The first-order chi connectivity index (χ1) is 13.1. The Hall–Kier alpha value is -2.59. The third kappa shape index (κ3) is 5.20. The Bertz CT molecular complexity index is 862. The maximum Gasteiger partial charge on any atom is 0.131 e. The number of rotatable bonds is 5. The van der Waals surface area contributed by atoms with Crippen molar-refractivity contribution in [1.29, 1.82) is 0 Å². The average Bonchev–Trinajstić information content (AvgIpc) is 2.69. The van der Waals surface area contributed by atoms with E-state index in [-0.39, 0.29) is 12.1 Å². The molecule has 0 unspecified atom stereocenters. The molecule has 1 N–H and O–H groups in total. The van der Waals surface area contributed by atoms with Crippen molar-refractivity contribution in [2.75, 3.05) is 12.4 Å². The van der Waals surface area contributed by atoms with Gasteiger partial charge in [-0.2, -0.15) is 0 Å². The van der Waals surface area contributed by atoms with E-state index in [1.807, 2.05) is 50.2 Å². The van der Waals surface area contributed by atoms with Crippen LogP contribution in [0.15, 0.2) is 60.7 Å². The Labute approximate surface area is 163 Å². The van der Waals surface area contributed by atoms with Crippen LogP contribution in [0.4, 0.5) is 14.5 Å². The minimum absolute atomic E-state index is 0.0167. The van der Waals surface area contributed by atoms with Crippen molar-refractivity contribution in [3.8, 4) is 16.9 Å². The van der Waals surface area contributed by atoms with Gasteiger partial charge in [-0.25, -0.2) is 8.78 Å². The summed E-state index contributed by atoms with van der Waals surface area (Å²) in [7, 11) is 1.60. The van der Waals surface area contributed by atoms with E-state index < -0.39 is 11.6 Å². The number of methoxy groups -OCH3 is 1. The summed E-state index contributed by atoms with van der Waals surface area (Å²) in [5.74, 6) is -0.404. The highest BCUT2D eigenvalue weighted by Crippen LogP contribution is 2.33. The molecule has 0 spiro atoms. The van der Waals surface area contributed by atoms with E-state index in [9.17, 15) is 8.78 Å². The molecule has 27 heavy (non-hydrogen) atoms. The number of hydrogen-bond acceptors (Lipinski definition) is 2. The number of halogens is 3.